The first-order valence-corrected chi connectivity index (χ1v) is 41.9. The van der Waals surface area contributed by atoms with Gasteiger partial charge in [0.1, 0.15) is 23.0 Å². The Balaban J connectivity index is 0.000000178. The minimum absolute atomic E-state index is 0.000369. The maximum atomic E-state index is 13.3. The van der Waals surface area contributed by atoms with E-state index in [1.165, 1.54) is 91.8 Å². The summed E-state index contributed by atoms with van der Waals surface area (Å²) in [6.45, 7) is 10.4. The topological polar surface area (TPSA) is 315 Å². The number of carbonyl (C=O) groups is 3. The van der Waals surface area contributed by atoms with Gasteiger partial charge in [-0.2, -0.15) is 0 Å². The van der Waals surface area contributed by atoms with Gasteiger partial charge in [0.2, 0.25) is 0 Å². The van der Waals surface area contributed by atoms with E-state index in [-0.39, 0.29) is 92.9 Å². The van der Waals surface area contributed by atoms with Crippen LogP contribution in [0.1, 0.15) is 96.7 Å². The Kier molecular flexibility index (Phi) is 29.4. The van der Waals surface area contributed by atoms with Crippen molar-refractivity contribution in [2.24, 2.45) is 0 Å². The minimum atomic E-state index is -4.06. The molecule has 26 heteroatoms. The van der Waals surface area contributed by atoms with Crippen molar-refractivity contribution in [2.75, 3.05) is 66.6 Å². The maximum Gasteiger partial charge on any atom is 0.265 e. The van der Waals surface area contributed by atoms with E-state index in [1.54, 1.807) is 43.5 Å². The van der Waals surface area contributed by atoms with Gasteiger partial charge in [-0.3, -0.25) is 30.0 Å². The summed E-state index contributed by atoms with van der Waals surface area (Å²) in [5, 5.41) is 28.3. The summed E-state index contributed by atoms with van der Waals surface area (Å²) in [7, 11) is -10.5. The molecule has 0 bridgehead atoms. The normalized spacial score (nSPS) is 15.2. The van der Waals surface area contributed by atoms with Crippen molar-refractivity contribution in [1.82, 2.24) is 16.4 Å². The number of hydroxylamine groups is 3. The average Bonchev–Trinajstić information content (AvgIpc) is 0.758. The number of methoxy groups -OCH3 is 1. The summed E-state index contributed by atoms with van der Waals surface area (Å²) in [6, 6.07) is 62.1. The molecule has 0 radical (unpaired) electrons. The lowest BCUT2D eigenvalue weighted by Crippen LogP contribution is -2.54. The predicted molar refractivity (Wildman–Crippen MR) is 427 cm³/mol. The molecule has 3 aliphatic rings. The third kappa shape index (κ3) is 19.9. The fourth-order valence-corrected chi connectivity index (χ4v) is 19.9. The summed E-state index contributed by atoms with van der Waals surface area (Å²) in [5.74, 6) is -0.311. The first kappa shape index (κ1) is 84.9. The smallest absolute Gasteiger partial charge is 0.265 e. The van der Waals surface area contributed by atoms with Crippen LogP contribution in [0, 0.1) is 27.7 Å². The zero-order valence-corrected chi connectivity index (χ0v) is 66.6. The van der Waals surface area contributed by atoms with E-state index in [0.29, 0.717) is 37.1 Å². The molecule has 0 aliphatic carbocycles. The Morgan fingerprint density at radius 3 is 0.964 bits per heavy atom. The second-order valence-corrected chi connectivity index (χ2v) is 35.2. The van der Waals surface area contributed by atoms with Gasteiger partial charge < -0.3 is 33.2 Å². The third-order valence-electron chi connectivity index (χ3n) is 20.9. The summed E-state index contributed by atoms with van der Waals surface area (Å²) >= 11 is 6.15. The fourth-order valence-electron chi connectivity index (χ4n) is 14.0. The molecule has 22 nitrogen and oxygen atoms in total. The molecule has 0 aromatic heterocycles. The highest BCUT2D eigenvalue weighted by molar-refractivity contribution is 7.94. The van der Waals surface area contributed by atoms with Gasteiger partial charge in [0, 0.05) is 44.7 Å². The van der Waals surface area contributed by atoms with E-state index in [0.717, 1.165) is 82.7 Å². The Morgan fingerprint density at radius 1 is 0.375 bits per heavy atom. The van der Waals surface area contributed by atoms with Crippen LogP contribution in [0.15, 0.2) is 215 Å². The average molecular weight is 1610 g/mol. The number of nitrogens with one attached hydrogen (secondary N) is 3. The van der Waals surface area contributed by atoms with Crippen molar-refractivity contribution in [3.63, 3.8) is 0 Å². The second-order valence-electron chi connectivity index (χ2n) is 28.0. The Bertz CT molecular complexity index is 4860. The van der Waals surface area contributed by atoms with E-state index < -0.39 is 61.5 Å². The van der Waals surface area contributed by atoms with Gasteiger partial charge in [0.05, 0.1) is 41.6 Å². The molecule has 0 spiro atoms. The number of hydrogen-bond donors (Lipinski definition) is 6. The molecule has 6 N–H and O–H groups in total. The summed E-state index contributed by atoms with van der Waals surface area (Å²) in [5.41, 5.74) is 19.8. The lowest BCUT2D eigenvalue weighted by molar-refractivity contribution is -0.135. The molecule has 3 fully saturated rings. The van der Waals surface area contributed by atoms with Crippen molar-refractivity contribution in [2.45, 2.75) is 134 Å². The first-order chi connectivity index (χ1) is 53.8. The molecule has 3 saturated heterocycles. The van der Waals surface area contributed by atoms with Crippen LogP contribution >= 0.6 is 11.6 Å². The predicted octanol–water partition coefficient (Wildman–Crippen LogP) is 14.5. The van der Waals surface area contributed by atoms with Gasteiger partial charge in [0.25, 0.3) is 17.7 Å². The number of carbonyl (C=O) groups excluding carboxylic acids is 3. The number of amides is 3. The number of rotatable bonds is 28. The van der Waals surface area contributed by atoms with Gasteiger partial charge >= 0.3 is 0 Å². The van der Waals surface area contributed by atoms with Crippen LogP contribution in [-0.4, -0.2) is 139 Å². The Hall–Kier alpha value is -9.51. The zero-order valence-electron chi connectivity index (χ0n) is 63.4. The van der Waals surface area contributed by atoms with Crippen molar-refractivity contribution in [1.29, 1.82) is 0 Å². The number of aryl methyl sites for hydroxylation is 7. The summed E-state index contributed by atoms with van der Waals surface area (Å²) in [4.78, 5) is 37.1. The van der Waals surface area contributed by atoms with Crippen LogP contribution < -0.4 is 35.4 Å². The standard InChI is InChI=1S/C29H33NO7S.C29H33NO6S.C28H30ClNO6S/c1-21-19-24(8-13-27(21)35-2)23-7-3-5-22(20-23)6-4-16-37-25-9-11-26(12-10-25)38(33,34)29(28(31)30-32)14-17-36-18-15-29;1-21-8-9-25(19-22(21)2)24-7-3-5-23(20-24)6-4-16-36-26-10-12-27(13-11-26)37(33,34)29(28(31)30-32)14-17-35-18-15-29;1-20-18-23(7-12-26(20)29)22-6-2-4-21(19-22)5-3-15-36-24-8-10-25(11-9-24)37(33,34)28(27(31)30-32)13-16-35-17-14-28/h3,5,7-13,19-20,32H,4,6,14-18H2,1-2H3,(H,30,31);3,5,7-13,19-20,32H,4,6,14-18H2,1-2H3,(H,30,31);2,4,6-12,18-19,32H,3,5,13-17H2,1H3,(H,30,31). The van der Waals surface area contributed by atoms with Crippen LogP contribution in [0.3, 0.4) is 0 Å². The van der Waals surface area contributed by atoms with Crippen molar-refractivity contribution < 1.29 is 88.4 Å². The monoisotopic (exact) mass is 1610 g/mol. The molecule has 3 heterocycles. The second kappa shape index (κ2) is 38.8. The van der Waals surface area contributed by atoms with Crippen molar-refractivity contribution in [3.05, 3.63) is 244 Å². The highest BCUT2D eigenvalue weighted by Gasteiger charge is 2.55. The number of halogens is 1. The van der Waals surface area contributed by atoms with E-state index in [1.807, 2.05) is 44.2 Å². The molecule has 112 heavy (non-hydrogen) atoms. The van der Waals surface area contributed by atoms with Crippen molar-refractivity contribution >= 4 is 58.8 Å². The number of benzene rings is 9. The quantitative estimate of drug-likeness (QED) is 0.0151. The number of ether oxygens (including phenoxy) is 7. The van der Waals surface area contributed by atoms with E-state index in [2.05, 4.69) is 111 Å². The molecule has 9 aromatic rings. The molecule has 3 aliphatic heterocycles. The maximum absolute atomic E-state index is 13.3. The molecule has 0 unspecified atom stereocenters. The van der Waals surface area contributed by atoms with Gasteiger partial charge in [-0.25, -0.2) is 41.7 Å². The fraction of sp³-hybridized carbons (Fsp3) is 0.337. The molecule has 12 rings (SSSR count). The number of sulfone groups is 3. The highest BCUT2D eigenvalue weighted by Crippen LogP contribution is 2.40. The van der Waals surface area contributed by atoms with Gasteiger partial charge in [-0.05, 0) is 274 Å². The van der Waals surface area contributed by atoms with E-state index in [4.69, 9.17) is 44.8 Å². The van der Waals surface area contributed by atoms with E-state index >= 15 is 0 Å². The number of hydrogen-bond acceptors (Lipinski definition) is 19. The lowest BCUT2D eigenvalue weighted by Gasteiger charge is -2.34. The lowest BCUT2D eigenvalue weighted by atomic mass is 9.98. The molecule has 3 amide bonds. The summed E-state index contributed by atoms with van der Waals surface area (Å²) < 4.78 is 113. The molecule has 0 atom stereocenters. The Morgan fingerprint density at radius 2 is 0.670 bits per heavy atom. The van der Waals surface area contributed by atoms with Crippen molar-refractivity contribution in [3.8, 4) is 56.4 Å². The zero-order chi connectivity index (χ0) is 80.1. The first-order valence-electron chi connectivity index (χ1n) is 37.1. The van der Waals surface area contributed by atoms with Crippen LogP contribution in [-0.2, 0) is 77.4 Å². The molecule has 9 aromatic carbocycles. The van der Waals surface area contributed by atoms with Gasteiger partial charge in [0.15, 0.2) is 43.8 Å². The summed E-state index contributed by atoms with van der Waals surface area (Å²) in [6.07, 6.45) is 4.71. The molecule has 594 valence electrons. The van der Waals surface area contributed by atoms with Gasteiger partial charge in [-0.15, -0.1) is 0 Å². The van der Waals surface area contributed by atoms with Crippen LogP contribution in [0.5, 0.6) is 23.0 Å². The highest BCUT2D eigenvalue weighted by atomic mass is 35.5. The molecular weight excluding hydrogens is 1510 g/mol. The Labute approximate surface area is 660 Å². The molecular formula is C86H96ClN3O19S3. The van der Waals surface area contributed by atoms with E-state index in [9.17, 15) is 55.3 Å². The molecule has 0 saturated carbocycles. The minimum Gasteiger partial charge on any atom is -0.496 e. The van der Waals surface area contributed by atoms with Crippen LogP contribution in [0.4, 0.5) is 0 Å². The third-order valence-corrected chi connectivity index (χ3v) is 28.8. The largest absolute Gasteiger partial charge is 0.496 e. The SMILES string of the molecule is COc1ccc(-c2cccc(CCCOc3ccc(S(=O)(=O)C4(C(=O)NO)CCOCC4)cc3)c2)cc1C.Cc1cc(-c2cccc(CCCOc3ccc(S(=O)(=O)C4(C(=O)NO)CCOCC4)cc3)c2)ccc1Cl.Cc1ccc(-c2cccc(CCCOc3ccc(S(=O)(=O)C4(C(=O)NO)CCOCC4)cc3)c2)cc1C. The van der Waals surface area contributed by atoms with Crippen LogP contribution in [0.25, 0.3) is 33.4 Å². The van der Waals surface area contributed by atoms with Crippen LogP contribution in [0.2, 0.25) is 5.02 Å². The van der Waals surface area contributed by atoms with Gasteiger partial charge in [-0.1, -0.05) is 115 Å².